The number of likely N-dealkylation sites (tertiary alicyclic amines) is 1. The van der Waals surface area contributed by atoms with Gasteiger partial charge in [0.25, 0.3) is 5.91 Å². The minimum atomic E-state index is -0.722. The Labute approximate surface area is 112 Å². The number of rotatable bonds is 2. The molecule has 6 nitrogen and oxygen atoms in total. The molecule has 2 aromatic heterocycles. The third-order valence-electron chi connectivity index (χ3n) is 3.30. The van der Waals surface area contributed by atoms with Crippen molar-refractivity contribution >= 4 is 11.7 Å². The highest BCUT2D eigenvalue weighted by Gasteiger charge is 2.35. The summed E-state index contributed by atoms with van der Waals surface area (Å²) in [5.41, 5.74) is 5.68. The van der Waals surface area contributed by atoms with Gasteiger partial charge in [0.05, 0.1) is 23.7 Å². The zero-order valence-corrected chi connectivity index (χ0v) is 10.3. The molecule has 3 heterocycles. The third kappa shape index (κ3) is 1.98. The maximum atomic E-state index is 13.5. The Morgan fingerprint density at radius 3 is 2.75 bits per heavy atom. The van der Waals surface area contributed by atoms with Crippen LogP contribution in [0, 0.1) is 11.6 Å². The average molecular weight is 279 g/mol. The quantitative estimate of drug-likeness (QED) is 0.855. The second-order valence-electron chi connectivity index (χ2n) is 4.63. The number of carbonyl (C=O) groups excluding carboxylic acids is 1. The number of aromatic nitrogens is 3. The van der Waals surface area contributed by atoms with Crippen LogP contribution in [0.2, 0.25) is 0 Å². The lowest BCUT2D eigenvalue weighted by molar-refractivity contribution is 0.0590. The number of halogens is 2. The molecular weight excluding hydrogens is 268 g/mol. The van der Waals surface area contributed by atoms with Gasteiger partial charge >= 0.3 is 0 Å². The van der Waals surface area contributed by atoms with Crippen LogP contribution in [0.5, 0.6) is 0 Å². The molecule has 0 unspecified atom stereocenters. The number of amides is 1. The summed E-state index contributed by atoms with van der Waals surface area (Å²) in [6.07, 6.45) is 2.00. The van der Waals surface area contributed by atoms with Crippen molar-refractivity contribution in [1.82, 2.24) is 20.1 Å². The molecule has 104 valence electrons. The highest BCUT2D eigenvalue weighted by atomic mass is 19.1. The van der Waals surface area contributed by atoms with Crippen LogP contribution < -0.4 is 5.73 Å². The minimum Gasteiger partial charge on any atom is -0.384 e. The molecule has 0 spiro atoms. The molecule has 20 heavy (non-hydrogen) atoms. The average Bonchev–Trinajstić information content (AvgIpc) is 2.77. The van der Waals surface area contributed by atoms with Gasteiger partial charge in [-0.15, -0.1) is 0 Å². The first-order valence-corrected chi connectivity index (χ1v) is 5.95. The van der Waals surface area contributed by atoms with Crippen molar-refractivity contribution in [1.29, 1.82) is 0 Å². The summed E-state index contributed by atoms with van der Waals surface area (Å²) in [7, 11) is 0. The standard InChI is InChI=1S/C12H11F2N5O/c13-8-2-16-10(15)1-7(8)12(20)19-4-6(5-19)11-9(14)3-17-18-11/h1-3,6H,4-5H2,(H2,15,16)(H,17,18). The smallest absolute Gasteiger partial charge is 0.257 e. The Hall–Kier alpha value is -2.51. The molecule has 0 aliphatic carbocycles. The number of nitrogens with one attached hydrogen (secondary N) is 1. The van der Waals surface area contributed by atoms with Gasteiger partial charge in [-0.3, -0.25) is 9.89 Å². The SMILES string of the molecule is Nc1cc(C(=O)N2CC(c3[nH]ncc3F)C2)c(F)cn1. The molecule has 8 heteroatoms. The Bertz CT molecular complexity index is 666. The molecule has 3 rings (SSSR count). The van der Waals surface area contributed by atoms with Crippen molar-refractivity contribution < 1.29 is 13.6 Å². The number of carbonyl (C=O) groups is 1. The van der Waals surface area contributed by atoms with Crippen LogP contribution in [0.15, 0.2) is 18.5 Å². The predicted molar refractivity (Wildman–Crippen MR) is 65.8 cm³/mol. The number of H-pyrrole nitrogens is 1. The van der Waals surface area contributed by atoms with E-state index in [4.69, 9.17) is 5.73 Å². The van der Waals surface area contributed by atoms with E-state index in [9.17, 15) is 13.6 Å². The first-order chi connectivity index (χ1) is 9.56. The summed E-state index contributed by atoms with van der Waals surface area (Å²) in [5, 5.41) is 6.15. The fourth-order valence-corrected chi connectivity index (χ4v) is 2.18. The van der Waals surface area contributed by atoms with Gasteiger partial charge in [0.2, 0.25) is 0 Å². The van der Waals surface area contributed by atoms with E-state index in [2.05, 4.69) is 15.2 Å². The van der Waals surface area contributed by atoms with Gasteiger partial charge in [0.15, 0.2) is 11.6 Å². The monoisotopic (exact) mass is 279 g/mol. The van der Waals surface area contributed by atoms with Crippen molar-refractivity contribution in [2.45, 2.75) is 5.92 Å². The van der Waals surface area contributed by atoms with Crippen LogP contribution in [0.1, 0.15) is 22.0 Å². The van der Waals surface area contributed by atoms with Gasteiger partial charge < -0.3 is 10.6 Å². The maximum absolute atomic E-state index is 13.5. The van der Waals surface area contributed by atoms with Crippen molar-refractivity contribution in [3.05, 3.63) is 41.4 Å². The second-order valence-corrected chi connectivity index (χ2v) is 4.63. The Morgan fingerprint density at radius 1 is 1.35 bits per heavy atom. The summed E-state index contributed by atoms with van der Waals surface area (Å²) >= 11 is 0. The predicted octanol–water partition coefficient (Wildman–Crippen LogP) is 0.905. The summed E-state index contributed by atoms with van der Waals surface area (Å²) in [6.45, 7) is 0.610. The number of hydrogen-bond acceptors (Lipinski definition) is 4. The number of aromatic amines is 1. The van der Waals surface area contributed by atoms with Crippen LogP contribution >= 0.6 is 0 Å². The second kappa shape index (κ2) is 4.55. The van der Waals surface area contributed by atoms with Gasteiger partial charge in [0.1, 0.15) is 5.82 Å². The summed E-state index contributed by atoms with van der Waals surface area (Å²) in [5.74, 6) is -1.70. The molecule has 3 N–H and O–H groups in total. The van der Waals surface area contributed by atoms with Crippen LogP contribution in [-0.4, -0.2) is 39.1 Å². The minimum absolute atomic E-state index is 0.0754. The van der Waals surface area contributed by atoms with E-state index in [0.717, 1.165) is 12.4 Å². The fraction of sp³-hybridized carbons (Fsp3) is 0.250. The highest BCUT2D eigenvalue weighted by Crippen LogP contribution is 2.29. The summed E-state index contributed by atoms with van der Waals surface area (Å²) in [4.78, 5) is 17.1. The van der Waals surface area contributed by atoms with Gasteiger partial charge in [-0.05, 0) is 6.07 Å². The molecule has 0 saturated carbocycles. The lowest BCUT2D eigenvalue weighted by Gasteiger charge is -2.38. The molecule has 0 atom stereocenters. The van der Waals surface area contributed by atoms with Crippen LogP contribution in [-0.2, 0) is 0 Å². The molecule has 1 aliphatic heterocycles. The number of anilines is 1. The molecule has 0 bridgehead atoms. The first kappa shape index (κ1) is 12.5. The first-order valence-electron chi connectivity index (χ1n) is 5.95. The molecule has 1 saturated heterocycles. The van der Waals surface area contributed by atoms with E-state index >= 15 is 0 Å². The normalized spacial score (nSPS) is 15.2. The molecule has 0 radical (unpaired) electrons. The summed E-state index contributed by atoms with van der Waals surface area (Å²) in [6, 6.07) is 1.20. The van der Waals surface area contributed by atoms with Crippen molar-refractivity contribution in [2.24, 2.45) is 0 Å². The largest absolute Gasteiger partial charge is 0.384 e. The maximum Gasteiger partial charge on any atom is 0.257 e. The lowest BCUT2D eigenvalue weighted by Crippen LogP contribution is -2.49. The van der Waals surface area contributed by atoms with Crippen LogP contribution in [0.4, 0.5) is 14.6 Å². The third-order valence-corrected chi connectivity index (χ3v) is 3.30. The fourth-order valence-electron chi connectivity index (χ4n) is 2.18. The summed E-state index contributed by atoms with van der Waals surface area (Å²) < 4.78 is 26.8. The van der Waals surface area contributed by atoms with Crippen molar-refractivity contribution in [2.75, 3.05) is 18.8 Å². The van der Waals surface area contributed by atoms with E-state index in [0.29, 0.717) is 18.8 Å². The number of nitrogens with zero attached hydrogens (tertiary/aromatic N) is 3. The van der Waals surface area contributed by atoms with Crippen LogP contribution in [0.3, 0.4) is 0 Å². The zero-order chi connectivity index (χ0) is 14.3. The molecule has 1 fully saturated rings. The van der Waals surface area contributed by atoms with Crippen molar-refractivity contribution in [3.63, 3.8) is 0 Å². The molecular formula is C12H11F2N5O. The number of nitrogen functional groups attached to an aromatic ring is 1. The Kier molecular flexibility index (Phi) is 2.85. The van der Waals surface area contributed by atoms with Crippen molar-refractivity contribution in [3.8, 4) is 0 Å². The zero-order valence-electron chi connectivity index (χ0n) is 10.3. The number of pyridine rings is 1. The van der Waals surface area contributed by atoms with Crippen LogP contribution in [0.25, 0.3) is 0 Å². The van der Waals surface area contributed by atoms with E-state index in [1.54, 1.807) is 0 Å². The topological polar surface area (TPSA) is 87.9 Å². The highest BCUT2D eigenvalue weighted by molar-refractivity contribution is 5.95. The van der Waals surface area contributed by atoms with E-state index in [-0.39, 0.29) is 17.3 Å². The van der Waals surface area contributed by atoms with Gasteiger partial charge in [-0.1, -0.05) is 0 Å². The molecule has 1 aliphatic rings. The van der Waals surface area contributed by atoms with E-state index in [1.165, 1.54) is 11.0 Å². The van der Waals surface area contributed by atoms with Gasteiger partial charge in [-0.25, -0.2) is 13.8 Å². The Morgan fingerprint density at radius 2 is 2.10 bits per heavy atom. The van der Waals surface area contributed by atoms with E-state index in [1.807, 2.05) is 0 Å². The number of nitrogens with two attached hydrogens (primary N) is 1. The lowest BCUT2D eigenvalue weighted by atomic mass is 9.95. The van der Waals surface area contributed by atoms with E-state index < -0.39 is 17.5 Å². The van der Waals surface area contributed by atoms with Gasteiger partial charge in [-0.2, -0.15) is 5.10 Å². The number of hydrogen-bond donors (Lipinski definition) is 2. The molecule has 1 amide bonds. The Balaban J connectivity index is 1.72. The van der Waals surface area contributed by atoms with Gasteiger partial charge in [0, 0.05) is 19.0 Å². The molecule has 0 aromatic carbocycles. The molecule has 2 aromatic rings.